The molecule has 1 amide bonds. The third kappa shape index (κ3) is 0.797. The normalized spacial score (nSPS) is 20.3. The number of hydrogen-bond donors (Lipinski definition) is 0. The maximum absolute atomic E-state index is 11.0. The Labute approximate surface area is 65.6 Å². The van der Waals surface area contributed by atoms with E-state index in [1.807, 2.05) is 0 Å². The zero-order chi connectivity index (χ0) is 8.55. The molecule has 0 aromatic carbocycles. The van der Waals surface area contributed by atoms with E-state index in [1.54, 1.807) is 0 Å². The lowest BCUT2D eigenvalue weighted by molar-refractivity contribution is -0.132. The Morgan fingerprint density at radius 2 is 2.00 bits per heavy atom. The molecule has 7 nitrogen and oxygen atoms in total. The maximum atomic E-state index is 11.0. The minimum Gasteiger partial charge on any atom is -0.281 e. The molecule has 12 heavy (non-hydrogen) atoms. The number of hydrogen-bond acceptors (Lipinski definition) is 6. The van der Waals surface area contributed by atoms with Crippen molar-refractivity contribution in [3.63, 3.8) is 0 Å². The minimum absolute atomic E-state index is 0.0926. The monoisotopic (exact) mass is 163 g/mol. The highest BCUT2D eigenvalue weighted by molar-refractivity contribution is 6.88. The van der Waals surface area contributed by atoms with E-state index in [2.05, 4.69) is 25.6 Å². The SMILES string of the molecule is O=C1N=NN=C2C=NN=C2C1=O. The van der Waals surface area contributed by atoms with Crippen LogP contribution in [0.25, 0.3) is 0 Å². The van der Waals surface area contributed by atoms with Gasteiger partial charge in [0.2, 0.25) is 0 Å². The smallest absolute Gasteiger partial charge is 0.281 e. The van der Waals surface area contributed by atoms with Crippen LogP contribution < -0.4 is 0 Å². The van der Waals surface area contributed by atoms with Crippen molar-refractivity contribution in [2.45, 2.75) is 0 Å². The lowest BCUT2D eigenvalue weighted by atomic mass is 10.1. The van der Waals surface area contributed by atoms with Gasteiger partial charge in [0.05, 0.1) is 6.21 Å². The summed E-state index contributed by atoms with van der Waals surface area (Å²) in [6.45, 7) is 0. The second kappa shape index (κ2) is 2.22. The molecular formula is C5HN5O2. The van der Waals surface area contributed by atoms with Crippen LogP contribution >= 0.6 is 0 Å². The van der Waals surface area contributed by atoms with Gasteiger partial charge in [-0.2, -0.15) is 5.10 Å². The minimum atomic E-state index is -0.974. The average molecular weight is 163 g/mol. The molecule has 0 saturated carbocycles. The van der Waals surface area contributed by atoms with Crippen molar-refractivity contribution in [2.24, 2.45) is 25.6 Å². The van der Waals surface area contributed by atoms with E-state index in [0.29, 0.717) is 0 Å². The molecule has 58 valence electrons. The summed E-state index contributed by atoms with van der Waals surface area (Å²) in [5, 5.41) is 16.4. The molecule has 2 aliphatic rings. The third-order valence-electron chi connectivity index (χ3n) is 1.28. The Hall–Kier alpha value is -2.05. The highest BCUT2D eigenvalue weighted by Gasteiger charge is 2.29. The molecule has 2 aliphatic heterocycles. The first-order valence-electron chi connectivity index (χ1n) is 2.98. The van der Waals surface area contributed by atoms with Gasteiger partial charge in [0.1, 0.15) is 5.71 Å². The number of ketones is 1. The van der Waals surface area contributed by atoms with E-state index >= 15 is 0 Å². The highest BCUT2D eigenvalue weighted by atomic mass is 16.2. The summed E-state index contributed by atoms with van der Waals surface area (Å²) in [6.07, 6.45) is 1.24. The Morgan fingerprint density at radius 3 is 2.83 bits per heavy atom. The van der Waals surface area contributed by atoms with Crippen molar-refractivity contribution < 1.29 is 9.59 Å². The van der Waals surface area contributed by atoms with Gasteiger partial charge in [-0.25, -0.2) is 0 Å². The topological polar surface area (TPSA) is 95.9 Å². The van der Waals surface area contributed by atoms with Crippen LogP contribution in [0.3, 0.4) is 0 Å². The van der Waals surface area contributed by atoms with Gasteiger partial charge in [-0.3, -0.25) is 9.59 Å². The number of carbonyl (C=O) groups is 2. The van der Waals surface area contributed by atoms with Crippen molar-refractivity contribution in [1.29, 1.82) is 0 Å². The third-order valence-corrected chi connectivity index (χ3v) is 1.28. The molecule has 7 heteroatoms. The largest absolute Gasteiger partial charge is 0.339 e. The van der Waals surface area contributed by atoms with Gasteiger partial charge in [0.25, 0.3) is 5.78 Å². The molecule has 0 aromatic heterocycles. The number of nitrogens with zero attached hydrogens (tertiary/aromatic N) is 5. The molecule has 0 aliphatic carbocycles. The Balaban J connectivity index is 2.53. The van der Waals surface area contributed by atoms with Gasteiger partial charge in [0, 0.05) is 0 Å². The predicted molar refractivity (Wildman–Crippen MR) is 38.2 cm³/mol. The fourth-order valence-electron chi connectivity index (χ4n) is 0.746. The molecule has 0 radical (unpaired) electrons. The Bertz CT molecular complexity index is 389. The quantitative estimate of drug-likeness (QED) is 0.443. The Morgan fingerprint density at radius 1 is 1.17 bits per heavy atom. The van der Waals surface area contributed by atoms with Crippen molar-refractivity contribution in [2.75, 3.05) is 0 Å². The molecule has 0 aromatic rings. The van der Waals surface area contributed by atoms with Crippen LogP contribution in [-0.2, 0) is 9.59 Å². The predicted octanol–water partition coefficient (Wildman–Crippen LogP) is -0.656. The molecule has 0 N–H and O–H groups in total. The van der Waals surface area contributed by atoms with Crippen LogP contribution in [0.5, 0.6) is 0 Å². The fourth-order valence-corrected chi connectivity index (χ4v) is 0.746. The molecule has 0 bridgehead atoms. The van der Waals surface area contributed by atoms with Crippen molar-refractivity contribution in [3.8, 4) is 0 Å². The van der Waals surface area contributed by atoms with E-state index in [0.717, 1.165) is 0 Å². The van der Waals surface area contributed by atoms with Gasteiger partial charge in [-0.05, 0) is 5.22 Å². The van der Waals surface area contributed by atoms with E-state index in [-0.39, 0.29) is 11.4 Å². The lowest BCUT2D eigenvalue weighted by Crippen LogP contribution is -2.26. The first-order valence-corrected chi connectivity index (χ1v) is 2.98. The number of rotatable bonds is 0. The second-order valence-electron chi connectivity index (χ2n) is 2.00. The van der Waals surface area contributed by atoms with E-state index in [9.17, 15) is 9.59 Å². The molecule has 0 atom stereocenters. The number of Topliss-reactive ketones (excluding diaryl/α,β-unsaturated/α-hetero) is 1. The molecule has 0 saturated heterocycles. The van der Waals surface area contributed by atoms with Crippen molar-refractivity contribution >= 4 is 29.3 Å². The molecule has 0 fully saturated rings. The van der Waals surface area contributed by atoms with Crippen LogP contribution in [0.2, 0.25) is 0 Å². The zero-order valence-electron chi connectivity index (χ0n) is 5.63. The van der Waals surface area contributed by atoms with E-state index < -0.39 is 11.7 Å². The van der Waals surface area contributed by atoms with Gasteiger partial charge in [-0.1, -0.05) is 5.11 Å². The van der Waals surface area contributed by atoms with Gasteiger partial charge < -0.3 is 0 Å². The average Bonchev–Trinajstić information content (AvgIpc) is 2.46. The first-order chi connectivity index (χ1) is 5.79. The summed E-state index contributed by atoms with van der Waals surface area (Å²) >= 11 is 0. The van der Waals surface area contributed by atoms with Crippen LogP contribution in [0.1, 0.15) is 0 Å². The number of carbonyl (C=O) groups excluding carboxylic acids is 2. The molecular weight excluding hydrogens is 162 g/mol. The van der Waals surface area contributed by atoms with E-state index in [4.69, 9.17) is 0 Å². The van der Waals surface area contributed by atoms with Crippen molar-refractivity contribution in [3.05, 3.63) is 0 Å². The van der Waals surface area contributed by atoms with Crippen LogP contribution in [0.4, 0.5) is 0 Å². The number of amides is 1. The summed E-state index contributed by atoms with van der Waals surface area (Å²) < 4.78 is 0. The van der Waals surface area contributed by atoms with Gasteiger partial charge >= 0.3 is 5.91 Å². The summed E-state index contributed by atoms with van der Waals surface area (Å²) in [7, 11) is 0. The van der Waals surface area contributed by atoms with Crippen LogP contribution in [0, 0.1) is 0 Å². The standard InChI is InChI=1S/C5HN5O2/c11-4-3-2(1-6-8-3)7-10-9-5(4)12/h1H. The second-order valence-corrected chi connectivity index (χ2v) is 2.00. The zero-order valence-corrected chi connectivity index (χ0v) is 5.63. The first kappa shape index (κ1) is 6.65. The fraction of sp³-hybridized carbons (Fsp3) is 0. The van der Waals surface area contributed by atoms with Gasteiger partial charge in [0.15, 0.2) is 5.71 Å². The van der Waals surface area contributed by atoms with Crippen LogP contribution in [-0.4, -0.2) is 29.3 Å². The van der Waals surface area contributed by atoms with Crippen LogP contribution in [0.15, 0.2) is 25.6 Å². The summed E-state index contributed by atoms with van der Waals surface area (Å²) in [4.78, 5) is 21.8. The molecule has 0 spiro atoms. The Kier molecular flexibility index (Phi) is 1.23. The molecule has 2 heterocycles. The highest BCUT2D eigenvalue weighted by Crippen LogP contribution is 2.01. The molecule has 2 rings (SSSR count). The summed E-state index contributed by atoms with van der Waals surface area (Å²) in [5.74, 6) is -1.80. The number of fused-ring (bicyclic) bond motifs is 1. The van der Waals surface area contributed by atoms with Crippen molar-refractivity contribution in [1.82, 2.24) is 0 Å². The summed E-state index contributed by atoms with van der Waals surface area (Å²) in [6, 6.07) is 0. The van der Waals surface area contributed by atoms with E-state index in [1.165, 1.54) is 6.21 Å². The molecule has 0 unspecified atom stereocenters. The summed E-state index contributed by atoms with van der Waals surface area (Å²) in [5.41, 5.74) is 0.0830. The maximum Gasteiger partial charge on any atom is 0.339 e. The van der Waals surface area contributed by atoms with Gasteiger partial charge in [-0.15, -0.1) is 10.2 Å². The lowest BCUT2D eigenvalue weighted by Gasteiger charge is -1.87.